The van der Waals surface area contributed by atoms with Crippen LogP contribution in [0.25, 0.3) is 0 Å². The van der Waals surface area contributed by atoms with Gasteiger partial charge in [0.05, 0.1) is 6.10 Å². The van der Waals surface area contributed by atoms with Crippen molar-refractivity contribution in [1.82, 2.24) is 4.31 Å². The number of methoxy groups -OCH3 is 1. The van der Waals surface area contributed by atoms with E-state index >= 15 is 0 Å². The second-order valence-corrected chi connectivity index (χ2v) is 9.89. The fraction of sp³-hybridized carbons (Fsp3) is 0.636. The first-order valence-corrected chi connectivity index (χ1v) is 10.1. The Morgan fingerprint density at radius 2 is 2.14 bits per heavy atom. The molecule has 0 aromatic carbocycles. The summed E-state index contributed by atoms with van der Waals surface area (Å²) in [5.74, 6) is 0. The third-order valence-electron chi connectivity index (χ3n) is 3.42. The third-order valence-corrected chi connectivity index (χ3v) is 8.47. The van der Waals surface area contributed by atoms with Gasteiger partial charge in [0.1, 0.15) is 8.42 Å². The maximum absolute atomic E-state index is 12.5. The Balaban J connectivity index is 0.00000242. The molecule has 0 amide bonds. The van der Waals surface area contributed by atoms with Crippen molar-refractivity contribution in [3.8, 4) is 0 Å². The van der Waals surface area contributed by atoms with Gasteiger partial charge in [0, 0.05) is 20.2 Å². The van der Waals surface area contributed by atoms with Crippen LogP contribution < -0.4 is 34.7 Å². The average Bonchev–Trinajstić information content (AvgIpc) is 2.82. The van der Waals surface area contributed by atoms with E-state index in [1.165, 1.54) is 10.4 Å². The fourth-order valence-corrected chi connectivity index (χ4v) is 6.34. The Hall–Kier alpha value is 0.480. The molecule has 0 aliphatic carbocycles. The first-order valence-electron chi connectivity index (χ1n) is 6.34. The summed E-state index contributed by atoms with van der Waals surface area (Å²) in [4.78, 5) is 0. The Morgan fingerprint density at radius 3 is 2.68 bits per heavy atom. The fourth-order valence-electron chi connectivity index (χ4n) is 2.08. The molecule has 120 valence electrons. The van der Waals surface area contributed by atoms with Crippen LogP contribution >= 0.6 is 11.3 Å². The van der Waals surface area contributed by atoms with E-state index in [4.69, 9.17) is 9.88 Å². The summed E-state index contributed by atoms with van der Waals surface area (Å²) in [6, 6.07) is 1.36. The summed E-state index contributed by atoms with van der Waals surface area (Å²) in [6.45, 7) is 2.55. The zero-order valence-corrected chi connectivity index (χ0v) is 17.2. The van der Waals surface area contributed by atoms with Gasteiger partial charge in [-0.2, -0.15) is 4.31 Å². The molecule has 0 radical (unpaired) electrons. The molecule has 2 heterocycles. The average molecular weight is 377 g/mol. The van der Waals surface area contributed by atoms with Crippen LogP contribution in [0.3, 0.4) is 0 Å². The number of rotatable bonds is 5. The molecule has 1 aromatic rings. The normalized spacial score (nSPS) is 19.2. The Labute approximate surface area is 157 Å². The Morgan fingerprint density at radius 1 is 1.50 bits per heavy atom. The number of thiophene rings is 1. The van der Waals surface area contributed by atoms with E-state index in [1.54, 1.807) is 7.11 Å². The molecule has 7 nitrogen and oxygen atoms in total. The number of primary sulfonamides is 1. The van der Waals surface area contributed by atoms with Crippen LogP contribution in [-0.2, 0) is 31.2 Å². The van der Waals surface area contributed by atoms with Gasteiger partial charge in [-0.25, -0.2) is 22.0 Å². The summed E-state index contributed by atoms with van der Waals surface area (Å²) in [5, 5.41) is 5.07. The number of ether oxygens (including phenoxy) is 1. The van der Waals surface area contributed by atoms with E-state index in [-0.39, 0.29) is 44.1 Å². The third kappa shape index (κ3) is 4.31. The molecule has 0 spiro atoms. The first-order chi connectivity index (χ1) is 9.66. The van der Waals surface area contributed by atoms with E-state index in [0.29, 0.717) is 31.5 Å². The smallest absolute Gasteiger partial charge is 0.382 e. The Bertz CT molecular complexity index is 729. The van der Waals surface area contributed by atoms with Gasteiger partial charge in [0.2, 0.25) is 10.0 Å². The molecule has 0 fully saturated rings. The van der Waals surface area contributed by atoms with Crippen LogP contribution in [0.2, 0.25) is 0 Å². The van der Waals surface area contributed by atoms with Crippen molar-refractivity contribution in [2.45, 2.75) is 34.3 Å². The van der Waals surface area contributed by atoms with Gasteiger partial charge in [0.25, 0.3) is 10.0 Å². The van der Waals surface area contributed by atoms with Crippen LogP contribution in [0.1, 0.15) is 18.9 Å². The minimum atomic E-state index is -3.88. The molecule has 1 aliphatic heterocycles. The quantitative estimate of drug-likeness (QED) is 0.565. The molecule has 1 atom stereocenters. The van der Waals surface area contributed by atoms with Gasteiger partial charge in [-0.1, -0.05) is 0 Å². The van der Waals surface area contributed by atoms with Crippen molar-refractivity contribution in [1.29, 1.82) is 0 Å². The minimum Gasteiger partial charge on any atom is -0.382 e. The number of nitrogens with zero attached hydrogens (tertiary/aromatic N) is 1. The number of hydrogen-bond donors (Lipinski definition) is 1. The standard InChI is InChI=1S/C11H18N2O5S3.Na/c1-8(18-2)3-5-13-6-4-9-7-10(20(12,14)15)19-11(9)21(13,16)17;/h7-8H,3-6H2,1-2H3,(H2,12,14,15);/q;+1. The maximum Gasteiger partial charge on any atom is 1.00 e. The summed E-state index contributed by atoms with van der Waals surface area (Å²) < 4.78 is 54.2. The van der Waals surface area contributed by atoms with Gasteiger partial charge in [-0.05, 0) is 31.4 Å². The molecular formula is C11H18N2NaO5S3+. The predicted octanol–water partition coefficient (Wildman–Crippen LogP) is -2.63. The van der Waals surface area contributed by atoms with Crippen LogP contribution in [-0.4, -0.2) is 47.4 Å². The van der Waals surface area contributed by atoms with E-state index in [2.05, 4.69) is 0 Å². The monoisotopic (exact) mass is 377 g/mol. The van der Waals surface area contributed by atoms with Crippen molar-refractivity contribution in [3.05, 3.63) is 11.6 Å². The molecule has 1 aliphatic rings. The van der Waals surface area contributed by atoms with Gasteiger partial charge in [-0.15, -0.1) is 11.3 Å². The van der Waals surface area contributed by atoms with Crippen molar-refractivity contribution in [2.75, 3.05) is 20.2 Å². The van der Waals surface area contributed by atoms with E-state index in [9.17, 15) is 16.8 Å². The summed E-state index contributed by atoms with van der Waals surface area (Å²) in [5.41, 5.74) is 0.528. The maximum atomic E-state index is 12.5. The van der Waals surface area contributed by atoms with Crippen molar-refractivity contribution in [3.63, 3.8) is 0 Å². The van der Waals surface area contributed by atoms with Crippen LogP contribution in [0.15, 0.2) is 14.5 Å². The van der Waals surface area contributed by atoms with E-state index < -0.39 is 20.0 Å². The first kappa shape index (κ1) is 20.5. The summed E-state index contributed by atoms with van der Waals surface area (Å²) in [7, 11) is -5.95. The zero-order chi connectivity index (χ0) is 15.8. The van der Waals surface area contributed by atoms with Gasteiger partial charge >= 0.3 is 29.6 Å². The molecule has 0 saturated heterocycles. The predicted molar refractivity (Wildman–Crippen MR) is 79.2 cm³/mol. The number of fused-ring (bicyclic) bond motifs is 1. The second-order valence-electron chi connectivity index (χ2n) is 4.91. The summed E-state index contributed by atoms with van der Waals surface area (Å²) >= 11 is 0.719. The number of hydrogen-bond acceptors (Lipinski definition) is 6. The minimum absolute atomic E-state index is 0. The van der Waals surface area contributed by atoms with Crippen LogP contribution in [0, 0.1) is 0 Å². The molecule has 1 unspecified atom stereocenters. The number of nitrogens with two attached hydrogens (primary N) is 1. The molecule has 0 bridgehead atoms. The molecular weight excluding hydrogens is 359 g/mol. The zero-order valence-electron chi connectivity index (χ0n) is 12.8. The van der Waals surface area contributed by atoms with Crippen LogP contribution in [0.5, 0.6) is 0 Å². The molecule has 2 N–H and O–H groups in total. The second kappa shape index (κ2) is 7.58. The van der Waals surface area contributed by atoms with Gasteiger partial charge < -0.3 is 4.74 Å². The largest absolute Gasteiger partial charge is 1.00 e. The molecule has 1 aromatic heterocycles. The van der Waals surface area contributed by atoms with Crippen molar-refractivity contribution in [2.24, 2.45) is 5.14 Å². The van der Waals surface area contributed by atoms with Crippen LogP contribution in [0.4, 0.5) is 0 Å². The summed E-state index contributed by atoms with van der Waals surface area (Å²) in [6.07, 6.45) is 1.03. The van der Waals surface area contributed by atoms with Crippen molar-refractivity contribution < 1.29 is 51.1 Å². The number of sulfonamides is 2. The SMILES string of the molecule is COC(C)CCN1CCc2cc(S(N)(=O)=O)sc2S1(=O)=O.[Na+]. The van der Waals surface area contributed by atoms with E-state index in [0.717, 1.165) is 11.3 Å². The molecule has 0 saturated carbocycles. The van der Waals surface area contributed by atoms with Crippen molar-refractivity contribution >= 4 is 31.4 Å². The molecule has 11 heteroatoms. The van der Waals surface area contributed by atoms with Gasteiger partial charge in [0.15, 0.2) is 0 Å². The Kier molecular flexibility index (Phi) is 7.07. The molecule has 2 rings (SSSR count). The molecule has 22 heavy (non-hydrogen) atoms. The van der Waals surface area contributed by atoms with Gasteiger partial charge in [-0.3, -0.25) is 0 Å². The topological polar surface area (TPSA) is 107 Å². The van der Waals surface area contributed by atoms with E-state index in [1.807, 2.05) is 6.92 Å².